The quantitative estimate of drug-likeness (QED) is 0.699. The summed E-state index contributed by atoms with van der Waals surface area (Å²) < 4.78 is 26.7. The zero-order chi connectivity index (χ0) is 13.6. The Bertz CT molecular complexity index is 780. The van der Waals surface area contributed by atoms with Gasteiger partial charge in [-0.05, 0) is 24.6 Å². The van der Waals surface area contributed by atoms with Crippen molar-refractivity contribution in [2.24, 2.45) is 0 Å². The first kappa shape index (κ1) is 12.1. The second-order valence-electron chi connectivity index (χ2n) is 4.31. The van der Waals surface area contributed by atoms with Gasteiger partial charge in [-0.25, -0.2) is 13.8 Å². The van der Waals surface area contributed by atoms with Gasteiger partial charge in [0.05, 0.1) is 10.5 Å². The van der Waals surface area contributed by atoms with Gasteiger partial charge in [0.1, 0.15) is 17.2 Å². The van der Waals surface area contributed by atoms with Gasteiger partial charge in [-0.3, -0.25) is 0 Å². The van der Waals surface area contributed by atoms with Crippen LogP contribution >= 0.6 is 11.6 Å². The molecule has 0 bridgehead atoms. The fourth-order valence-corrected chi connectivity index (χ4v) is 2.22. The summed E-state index contributed by atoms with van der Waals surface area (Å²) in [7, 11) is 0. The lowest BCUT2D eigenvalue weighted by Crippen LogP contribution is -1.84. The van der Waals surface area contributed by atoms with E-state index < -0.39 is 11.6 Å². The molecule has 96 valence electrons. The second kappa shape index (κ2) is 4.31. The van der Waals surface area contributed by atoms with E-state index in [4.69, 9.17) is 11.6 Å². The number of aryl methyl sites for hydroxylation is 1. The maximum atomic E-state index is 13.6. The van der Waals surface area contributed by atoms with Gasteiger partial charge in [0.2, 0.25) is 0 Å². The number of imidazole rings is 1. The number of rotatable bonds is 1. The summed E-state index contributed by atoms with van der Waals surface area (Å²) in [4.78, 5) is 7.03. The number of benzene rings is 2. The van der Waals surface area contributed by atoms with E-state index >= 15 is 0 Å². The van der Waals surface area contributed by atoms with E-state index in [0.717, 1.165) is 11.6 Å². The molecule has 5 heteroatoms. The van der Waals surface area contributed by atoms with Crippen LogP contribution in [0.1, 0.15) is 5.56 Å². The van der Waals surface area contributed by atoms with Gasteiger partial charge in [0.25, 0.3) is 0 Å². The minimum absolute atomic E-state index is 0.106. The van der Waals surface area contributed by atoms with Gasteiger partial charge in [0.15, 0.2) is 5.82 Å². The van der Waals surface area contributed by atoms with Crippen LogP contribution in [0.5, 0.6) is 0 Å². The van der Waals surface area contributed by atoms with Crippen molar-refractivity contribution in [1.82, 2.24) is 9.97 Å². The molecule has 0 unspecified atom stereocenters. The predicted molar refractivity (Wildman–Crippen MR) is 71.2 cm³/mol. The Morgan fingerprint density at radius 3 is 2.79 bits per heavy atom. The van der Waals surface area contributed by atoms with Crippen molar-refractivity contribution in [2.75, 3.05) is 0 Å². The lowest BCUT2D eigenvalue weighted by molar-refractivity contribution is 0.591. The van der Waals surface area contributed by atoms with E-state index in [2.05, 4.69) is 9.97 Å². The van der Waals surface area contributed by atoms with Crippen LogP contribution in [-0.4, -0.2) is 9.97 Å². The van der Waals surface area contributed by atoms with Crippen LogP contribution in [-0.2, 0) is 0 Å². The molecule has 3 aromatic rings. The highest BCUT2D eigenvalue weighted by molar-refractivity contribution is 6.34. The highest BCUT2D eigenvalue weighted by Gasteiger charge is 2.13. The number of halogens is 3. The van der Waals surface area contributed by atoms with Crippen molar-refractivity contribution >= 4 is 22.6 Å². The Morgan fingerprint density at radius 2 is 2.00 bits per heavy atom. The number of fused-ring (bicyclic) bond motifs is 1. The molecule has 1 aromatic heterocycles. The van der Waals surface area contributed by atoms with E-state index in [-0.39, 0.29) is 5.52 Å². The average molecular weight is 279 g/mol. The SMILES string of the molecule is Cc1cccc(-c2nc3c(F)cc(F)cc3[nH]2)c1Cl. The summed E-state index contributed by atoms with van der Waals surface area (Å²) in [5, 5.41) is 0.544. The number of aromatic nitrogens is 2. The molecule has 1 heterocycles. The Balaban J connectivity index is 2.26. The van der Waals surface area contributed by atoms with Gasteiger partial charge in [-0.2, -0.15) is 0 Å². The van der Waals surface area contributed by atoms with Crippen LogP contribution in [0.2, 0.25) is 5.02 Å². The summed E-state index contributed by atoms with van der Waals surface area (Å²) in [6.07, 6.45) is 0. The third-order valence-corrected chi connectivity index (χ3v) is 3.45. The van der Waals surface area contributed by atoms with Crippen LogP contribution in [0.4, 0.5) is 8.78 Å². The van der Waals surface area contributed by atoms with E-state index in [1.165, 1.54) is 6.07 Å². The minimum Gasteiger partial charge on any atom is -0.338 e. The zero-order valence-electron chi connectivity index (χ0n) is 9.97. The van der Waals surface area contributed by atoms with Crippen LogP contribution in [0.15, 0.2) is 30.3 Å². The number of nitrogens with zero attached hydrogens (tertiary/aromatic N) is 1. The van der Waals surface area contributed by atoms with Gasteiger partial charge in [-0.15, -0.1) is 0 Å². The van der Waals surface area contributed by atoms with E-state index in [0.29, 0.717) is 21.9 Å². The Hall–Kier alpha value is -1.94. The molecule has 0 amide bonds. The van der Waals surface area contributed by atoms with Crippen molar-refractivity contribution in [3.63, 3.8) is 0 Å². The van der Waals surface area contributed by atoms with Gasteiger partial charge < -0.3 is 4.98 Å². The molecular formula is C14H9ClF2N2. The van der Waals surface area contributed by atoms with Gasteiger partial charge in [-0.1, -0.05) is 23.7 Å². The topological polar surface area (TPSA) is 28.7 Å². The largest absolute Gasteiger partial charge is 0.338 e. The molecule has 2 aromatic carbocycles. The monoisotopic (exact) mass is 278 g/mol. The number of hydrogen-bond acceptors (Lipinski definition) is 1. The van der Waals surface area contributed by atoms with Gasteiger partial charge >= 0.3 is 0 Å². The third-order valence-electron chi connectivity index (χ3n) is 2.95. The number of nitrogens with one attached hydrogen (secondary N) is 1. The van der Waals surface area contributed by atoms with Crippen molar-refractivity contribution in [2.45, 2.75) is 6.92 Å². The Labute approximate surface area is 113 Å². The fraction of sp³-hybridized carbons (Fsp3) is 0.0714. The molecule has 0 saturated heterocycles. The van der Waals surface area contributed by atoms with Gasteiger partial charge in [0, 0.05) is 11.6 Å². The molecule has 0 aliphatic heterocycles. The molecule has 0 saturated carbocycles. The molecule has 1 N–H and O–H groups in total. The average Bonchev–Trinajstić information content (AvgIpc) is 2.76. The van der Waals surface area contributed by atoms with Crippen molar-refractivity contribution in [3.05, 3.63) is 52.6 Å². The maximum absolute atomic E-state index is 13.6. The first-order chi connectivity index (χ1) is 9.06. The molecule has 0 aliphatic rings. The molecule has 0 atom stereocenters. The highest BCUT2D eigenvalue weighted by Crippen LogP contribution is 2.30. The zero-order valence-corrected chi connectivity index (χ0v) is 10.7. The minimum atomic E-state index is -0.693. The molecule has 19 heavy (non-hydrogen) atoms. The molecular weight excluding hydrogens is 270 g/mol. The lowest BCUT2D eigenvalue weighted by Gasteiger charge is -2.02. The highest BCUT2D eigenvalue weighted by atomic mass is 35.5. The smallest absolute Gasteiger partial charge is 0.153 e. The normalized spacial score (nSPS) is 11.2. The molecule has 2 nitrogen and oxygen atoms in total. The number of aromatic amines is 1. The number of H-pyrrole nitrogens is 1. The summed E-state index contributed by atoms with van der Waals surface area (Å²) in [6, 6.07) is 7.50. The van der Waals surface area contributed by atoms with Crippen LogP contribution < -0.4 is 0 Å². The lowest BCUT2D eigenvalue weighted by atomic mass is 10.1. The summed E-state index contributed by atoms with van der Waals surface area (Å²) >= 11 is 6.20. The van der Waals surface area contributed by atoms with E-state index in [9.17, 15) is 8.78 Å². The predicted octanol–water partition coefficient (Wildman–Crippen LogP) is 4.47. The number of hydrogen-bond donors (Lipinski definition) is 1. The summed E-state index contributed by atoms with van der Waals surface area (Å²) in [5.41, 5.74) is 1.97. The molecule has 3 rings (SSSR count). The molecule has 0 spiro atoms. The molecule has 0 radical (unpaired) electrons. The third kappa shape index (κ3) is 1.98. The van der Waals surface area contributed by atoms with Crippen LogP contribution in [0.3, 0.4) is 0 Å². The van der Waals surface area contributed by atoms with E-state index in [1.807, 2.05) is 19.1 Å². The Morgan fingerprint density at radius 1 is 1.21 bits per heavy atom. The first-order valence-electron chi connectivity index (χ1n) is 5.66. The van der Waals surface area contributed by atoms with Crippen molar-refractivity contribution in [3.8, 4) is 11.4 Å². The maximum Gasteiger partial charge on any atom is 0.153 e. The molecule has 0 fully saturated rings. The van der Waals surface area contributed by atoms with Crippen LogP contribution in [0, 0.1) is 18.6 Å². The second-order valence-corrected chi connectivity index (χ2v) is 4.68. The molecule has 0 aliphatic carbocycles. The summed E-state index contributed by atoms with van der Waals surface area (Å²) in [5.74, 6) is -0.912. The summed E-state index contributed by atoms with van der Waals surface area (Å²) in [6.45, 7) is 1.87. The first-order valence-corrected chi connectivity index (χ1v) is 6.04. The standard InChI is InChI=1S/C14H9ClF2N2/c1-7-3-2-4-9(12(7)15)14-18-11-6-8(16)5-10(17)13(11)19-14/h2-6H,1H3,(H,18,19). The Kier molecular flexibility index (Phi) is 2.75. The van der Waals surface area contributed by atoms with Crippen molar-refractivity contribution < 1.29 is 8.78 Å². The van der Waals surface area contributed by atoms with Crippen molar-refractivity contribution in [1.29, 1.82) is 0 Å². The van der Waals surface area contributed by atoms with E-state index in [1.54, 1.807) is 6.07 Å². The fourth-order valence-electron chi connectivity index (χ4n) is 2.00. The van der Waals surface area contributed by atoms with Crippen LogP contribution in [0.25, 0.3) is 22.4 Å².